The number of benzene rings is 2. The lowest BCUT2D eigenvalue weighted by atomic mass is 10.2. The fourth-order valence-electron chi connectivity index (χ4n) is 3.60. The second kappa shape index (κ2) is 10.2. The smallest absolute Gasteiger partial charge is 0.319 e. The van der Waals surface area contributed by atoms with E-state index in [1.165, 1.54) is 4.90 Å². The second-order valence-corrected chi connectivity index (χ2v) is 9.24. The maximum Gasteiger partial charge on any atom is 0.319 e. The summed E-state index contributed by atoms with van der Waals surface area (Å²) < 4.78 is 5.52. The van der Waals surface area contributed by atoms with Crippen LogP contribution in [0.2, 0.25) is 0 Å². The number of hydrogen-bond donors (Lipinski definition) is 2. The number of amides is 2. The molecule has 5 rings (SSSR count). The maximum absolute atomic E-state index is 12.0. The number of anilines is 2. The minimum atomic E-state index is -0.156. The zero-order valence-corrected chi connectivity index (χ0v) is 19.2. The van der Waals surface area contributed by atoms with Gasteiger partial charge in [0.05, 0.1) is 18.9 Å². The van der Waals surface area contributed by atoms with Crippen LogP contribution in [0.15, 0.2) is 65.6 Å². The van der Waals surface area contributed by atoms with Crippen molar-refractivity contribution < 1.29 is 9.53 Å². The third-order valence-corrected chi connectivity index (χ3v) is 6.59. The Morgan fingerprint density at radius 1 is 1.03 bits per heavy atom. The fraction of sp³-hybridized carbons (Fsp3) is 0.320. The summed E-state index contributed by atoms with van der Waals surface area (Å²) in [4.78, 5) is 25.2. The van der Waals surface area contributed by atoms with E-state index in [2.05, 4.69) is 33.7 Å². The number of aromatic nitrogens is 2. The molecule has 2 amide bonds. The van der Waals surface area contributed by atoms with Crippen LogP contribution in [0.5, 0.6) is 0 Å². The Kier molecular flexibility index (Phi) is 6.73. The van der Waals surface area contributed by atoms with Gasteiger partial charge in [0, 0.05) is 47.1 Å². The highest BCUT2D eigenvalue weighted by Gasteiger charge is 2.23. The van der Waals surface area contributed by atoms with Crippen LogP contribution in [0.4, 0.5) is 16.3 Å². The molecule has 0 radical (unpaired) electrons. The van der Waals surface area contributed by atoms with Gasteiger partial charge in [-0.3, -0.25) is 0 Å². The molecule has 7 nitrogen and oxygen atoms in total. The number of nitrogens with zero attached hydrogens (tertiary/aromatic N) is 3. The summed E-state index contributed by atoms with van der Waals surface area (Å²) in [6.45, 7) is 3.05. The van der Waals surface area contributed by atoms with Gasteiger partial charge >= 0.3 is 6.03 Å². The van der Waals surface area contributed by atoms with E-state index < -0.39 is 0 Å². The number of morpholine rings is 1. The number of thioether (sulfide) groups is 1. The first-order valence-corrected chi connectivity index (χ1v) is 12.3. The summed E-state index contributed by atoms with van der Waals surface area (Å²) in [5.41, 5.74) is 2.66. The van der Waals surface area contributed by atoms with E-state index in [-0.39, 0.29) is 6.03 Å². The quantitative estimate of drug-likeness (QED) is 0.503. The molecular weight excluding hydrogens is 434 g/mol. The van der Waals surface area contributed by atoms with Crippen molar-refractivity contribution in [2.45, 2.75) is 29.5 Å². The van der Waals surface area contributed by atoms with Crippen molar-refractivity contribution in [2.24, 2.45) is 0 Å². The molecule has 1 aliphatic carbocycles. The predicted molar refractivity (Wildman–Crippen MR) is 132 cm³/mol. The summed E-state index contributed by atoms with van der Waals surface area (Å²) >= 11 is 1.76. The number of rotatable bonds is 7. The van der Waals surface area contributed by atoms with Crippen LogP contribution in [0, 0.1) is 0 Å². The Balaban J connectivity index is 1.35. The van der Waals surface area contributed by atoms with Crippen molar-refractivity contribution in [3.8, 4) is 11.4 Å². The zero-order chi connectivity index (χ0) is 22.5. The summed E-state index contributed by atoms with van der Waals surface area (Å²) in [5, 5.41) is 5.82. The molecule has 0 atom stereocenters. The van der Waals surface area contributed by atoms with E-state index in [1.807, 2.05) is 42.5 Å². The highest BCUT2D eigenvalue weighted by atomic mass is 32.2. The van der Waals surface area contributed by atoms with Gasteiger partial charge in [0.1, 0.15) is 5.82 Å². The van der Waals surface area contributed by atoms with E-state index in [1.54, 1.807) is 11.8 Å². The molecule has 170 valence electrons. The molecule has 2 N–H and O–H groups in total. The molecule has 33 heavy (non-hydrogen) atoms. The van der Waals surface area contributed by atoms with Crippen LogP contribution in [0.1, 0.15) is 18.5 Å². The second-order valence-electron chi connectivity index (χ2n) is 8.19. The summed E-state index contributed by atoms with van der Waals surface area (Å²) in [7, 11) is 0. The summed E-state index contributed by atoms with van der Waals surface area (Å²) in [6.07, 6.45) is 2.13. The molecule has 1 aromatic heterocycles. The standard InChI is InChI=1S/C25H27N5O2S/c31-25(28-20-10-11-20)27-19-8-6-18(7-9-19)24-26-21(17-33-22-4-2-1-3-5-22)16-23(29-24)30-12-14-32-15-13-30/h1-9,16,20H,10-15,17H2,(H2,27,28,31). The first kappa shape index (κ1) is 21.7. The Hall–Kier alpha value is -3.10. The lowest BCUT2D eigenvalue weighted by Gasteiger charge is -2.28. The summed E-state index contributed by atoms with van der Waals surface area (Å²) in [6, 6.07) is 20.3. The number of carbonyl (C=O) groups is 1. The first-order chi connectivity index (χ1) is 16.2. The molecule has 2 aromatic carbocycles. The van der Waals surface area contributed by atoms with Crippen molar-refractivity contribution >= 4 is 29.3 Å². The van der Waals surface area contributed by atoms with Gasteiger partial charge < -0.3 is 20.3 Å². The van der Waals surface area contributed by atoms with Crippen LogP contribution in [0.25, 0.3) is 11.4 Å². The Bertz CT molecular complexity index is 1080. The zero-order valence-electron chi connectivity index (χ0n) is 18.4. The van der Waals surface area contributed by atoms with Crippen LogP contribution < -0.4 is 15.5 Å². The number of ether oxygens (including phenoxy) is 1. The normalized spacial score (nSPS) is 15.8. The van der Waals surface area contributed by atoms with Gasteiger partial charge in [-0.15, -0.1) is 11.8 Å². The molecule has 1 saturated carbocycles. The minimum Gasteiger partial charge on any atom is -0.378 e. The highest BCUT2D eigenvalue weighted by molar-refractivity contribution is 7.98. The third-order valence-electron chi connectivity index (χ3n) is 5.54. The molecule has 1 saturated heterocycles. The van der Waals surface area contributed by atoms with Crippen molar-refractivity contribution in [3.63, 3.8) is 0 Å². The number of urea groups is 1. The molecule has 2 heterocycles. The van der Waals surface area contributed by atoms with Crippen molar-refractivity contribution in [1.29, 1.82) is 0 Å². The minimum absolute atomic E-state index is 0.156. The lowest BCUT2D eigenvalue weighted by molar-refractivity contribution is 0.122. The Morgan fingerprint density at radius 2 is 1.79 bits per heavy atom. The van der Waals surface area contributed by atoms with Crippen LogP contribution in [0.3, 0.4) is 0 Å². The van der Waals surface area contributed by atoms with Crippen LogP contribution in [-0.2, 0) is 10.5 Å². The average Bonchev–Trinajstić information content (AvgIpc) is 3.68. The van der Waals surface area contributed by atoms with Crippen molar-refractivity contribution in [1.82, 2.24) is 15.3 Å². The number of carbonyl (C=O) groups excluding carboxylic acids is 1. The predicted octanol–water partition coefficient (Wildman–Crippen LogP) is 4.56. The molecule has 0 bridgehead atoms. The van der Waals surface area contributed by atoms with E-state index in [0.29, 0.717) is 25.1 Å². The van der Waals surface area contributed by atoms with Crippen LogP contribution in [-0.4, -0.2) is 48.3 Å². The maximum atomic E-state index is 12.0. The van der Waals surface area contributed by atoms with Gasteiger partial charge in [-0.1, -0.05) is 18.2 Å². The summed E-state index contributed by atoms with van der Waals surface area (Å²) in [5.74, 6) is 2.38. The van der Waals surface area contributed by atoms with Crippen LogP contribution >= 0.6 is 11.8 Å². The molecule has 3 aromatic rings. The van der Waals surface area contributed by atoms with Gasteiger partial charge in [0.2, 0.25) is 0 Å². The molecule has 2 aliphatic rings. The number of nitrogens with one attached hydrogen (secondary N) is 2. The van der Waals surface area contributed by atoms with Crippen molar-refractivity contribution in [3.05, 3.63) is 66.4 Å². The van der Waals surface area contributed by atoms with Gasteiger partial charge in [-0.2, -0.15) is 0 Å². The van der Waals surface area contributed by atoms with E-state index in [4.69, 9.17) is 14.7 Å². The average molecular weight is 462 g/mol. The molecule has 2 fully saturated rings. The first-order valence-electron chi connectivity index (χ1n) is 11.3. The van der Waals surface area contributed by atoms with Gasteiger partial charge in [0.25, 0.3) is 0 Å². The molecule has 1 aliphatic heterocycles. The van der Waals surface area contributed by atoms with Gasteiger partial charge in [-0.25, -0.2) is 14.8 Å². The molecule has 0 unspecified atom stereocenters. The molecular formula is C25H27N5O2S. The largest absolute Gasteiger partial charge is 0.378 e. The Morgan fingerprint density at radius 3 is 2.52 bits per heavy atom. The van der Waals surface area contributed by atoms with Crippen molar-refractivity contribution in [2.75, 3.05) is 36.5 Å². The third kappa shape index (κ3) is 6.03. The van der Waals surface area contributed by atoms with E-state index in [9.17, 15) is 4.79 Å². The Labute approximate surface area is 198 Å². The highest BCUT2D eigenvalue weighted by Crippen LogP contribution is 2.27. The van der Waals surface area contributed by atoms with Gasteiger partial charge in [0.15, 0.2) is 5.82 Å². The van der Waals surface area contributed by atoms with Gasteiger partial charge in [-0.05, 0) is 49.2 Å². The lowest BCUT2D eigenvalue weighted by Crippen LogP contribution is -2.37. The topological polar surface area (TPSA) is 79.4 Å². The van der Waals surface area contributed by atoms with E-state index in [0.717, 1.165) is 54.4 Å². The SMILES string of the molecule is O=C(Nc1ccc(-c2nc(CSc3ccccc3)cc(N3CCOCC3)n2)cc1)NC1CC1. The molecule has 0 spiro atoms. The van der Waals surface area contributed by atoms with E-state index >= 15 is 0 Å². The number of hydrogen-bond acceptors (Lipinski definition) is 6. The molecule has 8 heteroatoms. The fourth-order valence-corrected chi connectivity index (χ4v) is 4.41. The monoisotopic (exact) mass is 461 g/mol.